The summed E-state index contributed by atoms with van der Waals surface area (Å²) < 4.78 is 0. The summed E-state index contributed by atoms with van der Waals surface area (Å²) in [5.74, 6) is -3.92. The van der Waals surface area contributed by atoms with Crippen molar-refractivity contribution in [3.8, 4) is 11.1 Å². The van der Waals surface area contributed by atoms with Gasteiger partial charge in [0.05, 0.1) is 11.3 Å². The van der Waals surface area contributed by atoms with Crippen LogP contribution in [0.5, 0.6) is 0 Å². The Kier molecular flexibility index (Phi) is 12.3. The van der Waals surface area contributed by atoms with Crippen molar-refractivity contribution in [2.75, 3.05) is 13.1 Å². The summed E-state index contributed by atoms with van der Waals surface area (Å²) in [6, 6.07) is 16.0. The Balaban J connectivity index is 1.43. The van der Waals surface area contributed by atoms with Crippen molar-refractivity contribution in [3.63, 3.8) is 0 Å². The Morgan fingerprint density at radius 2 is 1.67 bits per heavy atom. The highest BCUT2D eigenvalue weighted by Crippen LogP contribution is 2.26. The van der Waals surface area contributed by atoms with Crippen LogP contribution in [-0.4, -0.2) is 87.8 Å². The van der Waals surface area contributed by atoms with Crippen LogP contribution in [0.2, 0.25) is 0 Å². The summed E-state index contributed by atoms with van der Waals surface area (Å²) in [6.07, 6.45) is 5.49. The fourth-order valence-corrected chi connectivity index (χ4v) is 6.41. The van der Waals surface area contributed by atoms with Gasteiger partial charge in [-0.1, -0.05) is 60.7 Å². The van der Waals surface area contributed by atoms with Crippen molar-refractivity contribution in [2.45, 2.75) is 69.6 Å². The van der Waals surface area contributed by atoms with Crippen LogP contribution in [0.3, 0.4) is 0 Å². The largest absolute Gasteiger partial charge is 0.480 e. The predicted molar refractivity (Wildman–Crippen MR) is 189 cm³/mol. The third-order valence-corrected chi connectivity index (χ3v) is 9.03. The maximum Gasteiger partial charge on any atom is 0.326 e. The van der Waals surface area contributed by atoms with Crippen LogP contribution in [0.25, 0.3) is 17.2 Å². The molecule has 13 nitrogen and oxygen atoms in total. The molecule has 2 saturated heterocycles. The number of fused-ring (bicyclic) bond motifs is 1. The van der Waals surface area contributed by atoms with E-state index in [0.717, 1.165) is 11.1 Å². The summed E-state index contributed by atoms with van der Waals surface area (Å²) in [6.45, 7) is 1.95. The van der Waals surface area contributed by atoms with Gasteiger partial charge in [-0.2, -0.15) is 0 Å². The Bertz CT molecular complexity index is 1780. The summed E-state index contributed by atoms with van der Waals surface area (Å²) >= 11 is 0. The van der Waals surface area contributed by atoms with Gasteiger partial charge in [-0.25, -0.2) is 4.79 Å². The van der Waals surface area contributed by atoms with Gasteiger partial charge in [0.2, 0.25) is 23.6 Å². The Hall–Kier alpha value is -5.85. The van der Waals surface area contributed by atoms with Crippen LogP contribution in [0.15, 0.2) is 79.0 Å². The van der Waals surface area contributed by atoms with E-state index in [9.17, 15) is 33.9 Å². The van der Waals surface area contributed by atoms with E-state index < -0.39 is 53.8 Å². The third-order valence-electron chi connectivity index (χ3n) is 9.03. The first-order chi connectivity index (χ1) is 24.6. The van der Waals surface area contributed by atoms with E-state index in [0.29, 0.717) is 29.7 Å². The fourth-order valence-electron chi connectivity index (χ4n) is 6.41. The van der Waals surface area contributed by atoms with Gasteiger partial charge in [0.1, 0.15) is 18.1 Å². The number of rotatable bonds is 7. The number of nitrogens with one attached hydrogen (secondary N) is 4. The molecule has 2 aromatic carbocycles. The average Bonchev–Trinajstić information content (AvgIpc) is 3.55. The Morgan fingerprint density at radius 3 is 2.39 bits per heavy atom. The number of aryl methyl sites for hydroxylation is 1. The number of carboxylic acids is 1. The van der Waals surface area contributed by atoms with Gasteiger partial charge in [-0.15, -0.1) is 0 Å². The molecule has 0 spiro atoms. The van der Waals surface area contributed by atoms with Crippen LogP contribution in [0, 0.1) is 6.92 Å². The maximum atomic E-state index is 14.4. The average molecular weight is 695 g/mol. The van der Waals surface area contributed by atoms with Crippen molar-refractivity contribution in [3.05, 3.63) is 95.8 Å². The molecule has 2 fully saturated rings. The summed E-state index contributed by atoms with van der Waals surface area (Å²) in [4.78, 5) is 85.3. The molecule has 0 aliphatic carbocycles. The molecule has 51 heavy (non-hydrogen) atoms. The van der Waals surface area contributed by atoms with Gasteiger partial charge in [0, 0.05) is 37.8 Å². The number of benzene rings is 2. The Labute approximate surface area is 295 Å². The quantitative estimate of drug-likeness (QED) is 0.234. The first-order valence-electron chi connectivity index (χ1n) is 17.1. The summed E-state index contributed by atoms with van der Waals surface area (Å²) in [5.41, 5.74) is 3.01. The van der Waals surface area contributed by atoms with Crippen LogP contribution in [0.4, 0.5) is 0 Å². The molecule has 0 unspecified atom stereocenters. The first kappa shape index (κ1) is 36.4. The topological polar surface area (TPSA) is 187 Å². The minimum absolute atomic E-state index is 0.00977. The number of carboxylic acid groups (broad SMARTS) is 1. The van der Waals surface area contributed by atoms with Gasteiger partial charge in [-0.3, -0.25) is 29.0 Å². The van der Waals surface area contributed by atoms with Crippen LogP contribution in [0.1, 0.15) is 60.1 Å². The maximum absolute atomic E-state index is 14.4. The van der Waals surface area contributed by atoms with Crippen molar-refractivity contribution < 1.29 is 33.9 Å². The second-order valence-electron chi connectivity index (χ2n) is 12.7. The molecule has 5 amide bonds. The van der Waals surface area contributed by atoms with Crippen molar-refractivity contribution >= 4 is 41.6 Å². The highest BCUT2D eigenvalue weighted by atomic mass is 16.4. The van der Waals surface area contributed by atoms with Gasteiger partial charge < -0.3 is 31.3 Å². The molecule has 0 saturated carbocycles. The molecule has 3 heterocycles. The van der Waals surface area contributed by atoms with Crippen molar-refractivity contribution in [2.24, 2.45) is 0 Å². The van der Waals surface area contributed by atoms with Gasteiger partial charge in [0.25, 0.3) is 5.91 Å². The molecule has 0 bridgehead atoms. The lowest BCUT2D eigenvalue weighted by Crippen LogP contribution is -2.55. The van der Waals surface area contributed by atoms with Crippen LogP contribution >= 0.6 is 0 Å². The zero-order valence-electron chi connectivity index (χ0n) is 28.3. The molecule has 3 aromatic rings. The molecule has 5 N–H and O–H groups in total. The van der Waals surface area contributed by atoms with E-state index in [1.807, 2.05) is 60.7 Å². The molecule has 1 aromatic heterocycles. The molecule has 2 aliphatic heterocycles. The first-order valence-corrected chi connectivity index (χ1v) is 17.1. The minimum Gasteiger partial charge on any atom is -0.480 e. The second-order valence-corrected chi connectivity index (χ2v) is 12.7. The predicted octanol–water partition coefficient (Wildman–Crippen LogP) is 2.60. The fraction of sp³-hybridized carbons (Fsp3) is 0.342. The third kappa shape index (κ3) is 9.65. The van der Waals surface area contributed by atoms with Gasteiger partial charge in [0.15, 0.2) is 0 Å². The minimum atomic E-state index is -1.38. The van der Waals surface area contributed by atoms with E-state index in [4.69, 9.17) is 0 Å². The molecular formula is C38H42N6O7. The number of hydrogen-bond donors (Lipinski definition) is 5. The lowest BCUT2D eigenvalue weighted by atomic mass is 9.98. The van der Waals surface area contributed by atoms with E-state index in [2.05, 4.69) is 26.3 Å². The number of carbonyl (C=O) groups excluding carboxylic acids is 5. The lowest BCUT2D eigenvalue weighted by molar-refractivity contribution is -0.144. The molecular weight excluding hydrogens is 652 g/mol. The second kappa shape index (κ2) is 17.2. The van der Waals surface area contributed by atoms with Crippen molar-refractivity contribution in [1.29, 1.82) is 0 Å². The molecule has 13 heteroatoms. The molecule has 2 aliphatic rings. The zero-order chi connectivity index (χ0) is 36.3. The number of aromatic nitrogens is 1. The molecule has 4 atom stereocenters. The van der Waals surface area contributed by atoms with E-state index in [1.165, 1.54) is 11.0 Å². The zero-order valence-corrected chi connectivity index (χ0v) is 28.3. The smallest absolute Gasteiger partial charge is 0.326 e. The lowest BCUT2D eigenvalue weighted by Gasteiger charge is -2.29. The highest BCUT2D eigenvalue weighted by molar-refractivity contribution is 6.04. The van der Waals surface area contributed by atoms with Gasteiger partial charge in [-0.05, 0) is 67.9 Å². The number of hydrogen-bond acceptors (Lipinski definition) is 7. The van der Waals surface area contributed by atoms with Gasteiger partial charge >= 0.3 is 5.97 Å². The number of carbonyl (C=O) groups is 6. The van der Waals surface area contributed by atoms with E-state index in [1.54, 1.807) is 25.3 Å². The summed E-state index contributed by atoms with van der Waals surface area (Å²) in [7, 11) is 0. The molecule has 266 valence electrons. The van der Waals surface area contributed by atoms with Crippen molar-refractivity contribution in [1.82, 2.24) is 31.2 Å². The van der Waals surface area contributed by atoms with Crippen LogP contribution < -0.4 is 21.3 Å². The SMILES string of the molecule is Cc1nccc(-c2ccccc2)c1C(=O)N[C@H]1CCCCNC(=O)CC[C@@H](C(=O)O)NC(=O)[C@@H]2C[C@@H](NC(=O)C=Cc3ccccc3)CN2C1=O. The van der Waals surface area contributed by atoms with Crippen LogP contribution in [-0.2, 0) is 24.0 Å². The molecule has 5 rings (SSSR count). The standard InChI is InChI=1S/C38H42N6O7/c1-24-34(28(19-21-39-24)26-12-6-3-7-13-26)36(48)42-29-14-8-9-20-40-32(45)18-16-30(38(50)51)43-35(47)31-22-27(23-44(31)37(29)49)41-33(46)17-15-25-10-4-2-5-11-25/h2-7,10-13,15,17,19,21,27,29-31H,8-9,14,16,18,20,22-23H2,1H3,(H,40,45)(H,41,46)(H,42,48)(H,43,47)(H,50,51)/t27-,29+,30+,31+/m1/s1. The summed E-state index contributed by atoms with van der Waals surface area (Å²) in [5, 5.41) is 20.9. The normalized spacial score (nSPS) is 21.8. The van der Waals surface area contributed by atoms with E-state index >= 15 is 0 Å². The number of amides is 5. The highest BCUT2D eigenvalue weighted by Gasteiger charge is 2.43. The monoisotopic (exact) mass is 694 g/mol. The number of nitrogens with zero attached hydrogens (tertiary/aromatic N) is 2. The number of pyridine rings is 1. The molecule has 0 radical (unpaired) electrons. The van der Waals surface area contributed by atoms with E-state index in [-0.39, 0.29) is 44.7 Å². The Morgan fingerprint density at radius 1 is 0.941 bits per heavy atom. The number of aliphatic carboxylic acids is 1.